The molecule has 1 atom stereocenters. The molecule has 18 heavy (non-hydrogen) atoms. The Morgan fingerprint density at radius 3 is 2.33 bits per heavy atom. The molecule has 1 aromatic carbocycles. The summed E-state index contributed by atoms with van der Waals surface area (Å²) in [5.41, 5.74) is 3.35. The fourth-order valence-electron chi connectivity index (χ4n) is 2.08. The zero-order valence-electron chi connectivity index (χ0n) is 10.7. The normalized spacial score (nSPS) is 12.2. The van der Waals surface area contributed by atoms with Gasteiger partial charge in [0.15, 0.2) is 0 Å². The fourth-order valence-corrected chi connectivity index (χ4v) is 2.08. The van der Waals surface area contributed by atoms with Crippen molar-refractivity contribution in [2.75, 3.05) is 7.11 Å². The van der Waals surface area contributed by atoms with Gasteiger partial charge in [0.25, 0.3) is 0 Å². The van der Waals surface area contributed by atoms with Crippen molar-refractivity contribution >= 4 is 0 Å². The average Bonchev–Trinajstić information content (AvgIpc) is 2.38. The largest absolute Gasteiger partial charge is 0.480 e. The van der Waals surface area contributed by atoms with E-state index in [4.69, 9.17) is 4.74 Å². The number of aromatic nitrogens is 2. The van der Waals surface area contributed by atoms with Gasteiger partial charge in [0, 0.05) is 12.4 Å². The molecule has 0 fully saturated rings. The Kier molecular flexibility index (Phi) is 3.58. The number of rotatable bonds is 3. The van der Waals surface area contributed by atoms with Gasteiger partial charge in [-0.2, -0.15) is 0 Å². The van der Waals surface area contributed by atoms with Gasteiger partial charge in [0.1, 0.15) is 11.8 Å². The minimum atomic E-state index is -0.824. The molecule has 0 aliphatic carbocycles. The lowest BCUT2D eigenvalue weighted by Crippen LogP contribution is -2.09. The van der Waals surface area contributed by atoms with Gasteiger partial charge < -0.3 is 9.84 Å². The van der Waals surface area contributed by atoms with Crippen molar-refractivity contribution < 1.29 is 9.84 Å². The monoisotopic (exact) mass is 244 g/mol. The zero-order valence-corrected chi connectivity index (χ0v) is 10.7. The second-order valence-electron chi connectivity index (χ2n) is 4.16. The number of benzene rings is 1. The standard InChI is InChI=1S/C14H16N2O2/c1-9-5-4-6-10(2)11(9)13(17)12-14(18-3)16-8-7-15-12/h4-8,13,17H,1-3H3. The molecule has 0 radical (unpaired) electrons. The number of aliphatic hydroxyl groups excluding tert-OH is 1. The number of ether oxygens (including phenoxy) is 1. The number of hydrogen-bond acceptors (Lipinski definition) is 4. The molecule has 4 nitrogen and oxygen atoms in total. The van der Waals surface area contributed by atoms with Crippen LogP contribution in [0.15, 0.2) is 30.6 Å². The van der Waals surface area contributed by atoms with E-state index in [1.807, 2.05) is 32.0 Å². The molecule has 1 aromatic heterocycles. The highest BCUT2D eigenvalue weighted by molar-refractivity contribution is 5.40. The second-order valence-corrected chi connectivity index (χ2v) is 4.16. The smallest absolute Gasteiger partial charge is 0.238 e. The molecule has 2 rings (SSSR count). The van der Waals surface area contributed by atoms with Crippen molar-refractivity contribution in [3.05, 3.63) is 53.0 Å². The molecular weight excluding hydrogens is 228 g/mol. The van der Waals surface area contributed by atoms with Crippen LogP contribution in [0.2, 0.25) is 0 Å². The summed E-state index contributed by atoms with van der Waals surface area (Å²) in [6, 6.07) is 5.90. The Morgan fingerprint density at radius 2 is 1.72 bits per heavy atom. The second kappa shape index (κ2) is 5.14. The molecule has 1 heterocycles. The van der Waals surface area contributed by atoms with Crippen LogP contribution < -0.4 is 4.74 Å². The summed E-state index contributed by atoms with van der Waals surface area (Å²) < 4.78 is 5.13. The third-order valence-corrected chi connectivity index (χ3v) is 2.96. The first-order valence-corrected chi connectivity index (χ1v) is 5.74. The van der Waals surface area contributed by atoms with Crippen molar-refractivity contribution in [1.29, 1.82) is 0 Å². The van der Waals surface area contributed by atoms with Crippen molar-refractivity contribution in [3.63, 3.8) is 0 Å². The maximum atomic E-state index is 10.5. The summed E-state index contributed by atoms with van der Waals surface area (Å²) in [5, 5.41) is 10.5. The van der Waals surface area contributed by atoms with Gasteiger partial charge in [-0.15, -0.1) is 0 Å². The van der Waals surface area contributed by atoms with Crippen molar-refractivity contribution in [2.24, 2.45) is 0 Å². The van der Waals surface area contributed by atoms with Crippen molar-refractivity contribution in [1.82, 2.24) is 9.97 Å². The van der Waals surface area contributed by atoms with Gasteiger partial charge in [-0.25, -0.2) is 4.98 Å². The van der Waals surface area contributed by atoms with Gasteiger partial charge >= 0.3 is 0 Å². The molecule has 2 aromatic rings. The molecule has 0 spiro atoms. The summed E-state index contributed by atoms with van der Waals surface area (Å²) in [5.74, 6) is 0.354. The molecule has 1 N–H and O–H groups in total. The minimum absolute atomic E-state index is 0.354. The third-order valence-electron chi connectivity index (χ3n) is 2.96. The van der Waals surface area contributed by atoms with E-state index in [1.165, 1.54) is 7.11 Å². The van der Waals surface area contributed by atoms with Gasteiger partial charge in [-0.05, 0) is 30.5 Å². The van der Waals surface area contributed by atoms with Crippen LogP contribution in [0.3, 0.4) is 0 Å². The third kappa shape index (κ3) is 2.19. The lowest BCUT2D eigenvalue weighted by Gasteiger charge is -2.17. The Hall–Kier alpha value is -1.94. The Morgan fingerprint density at radius 1 is 1.11 bits per heavy atom. The summed E-state index contributed by atoms with van der Waals surface area (Å²) >= 11 is 0. The van der Waals surface area contributed by atoms with Gasteiger partial charge in [-0.1, -0.05) is 18.2 Å². The van der Waals surface area contributed by atoms with Crippen LogP contribution in [-0.4, -0.2) is 22.2 Å². The fraction of sp³-hybridized carbons (Fsp3) is 0.286. The number of hydrogen-bond donors (Lipinski definition) is 1. The minimum Gasteiger partial charge on any atom is -0.480 e. The van der Waals surface area contributed by atoms with E-state index >= 15 is 0 Å². The first kappa shape index (κ1) is 12.5. The topological polar surface area (TPSA) is 55.2 Å². The molecule has 4 heteroatoms. The van der Waals surface area contributed by atoms with Crippen LogP contribution in [0.4, 0.5) is 0 Å². The predicted octanol–water partition coefficient (Wildman–Crippen LogP) is 2.18. The molecule has 0 saturated heterocycles. The summed E-state index contributed by atoms with van der Waals surface area (Å²) in [7, 11) is 1.52. The average molecular weight is 244 g/mol. The van der Waals surface area contributed by atoms with E-state index < -0.39 is 6.10 Å². The molecule has 0 amide bonds. The lowest BCUT2D eigenvalue weighted by atomic mass is 9.96. The molecule has 0 bridgehead atoms. The van der Waals surface area contributed by atoms with Crippen LogP contribution in [-0.2, 0) is 0 Å². The molecule has 0 aliphatic rings. The summed E-state index contributed by atoms with van der Waals surface area (Å²) in [6.45, 7) is 3.93. The Balaban J connectivity index is 2.51. The maximum Gasteiger partial charge on any atom is 0.238 e. The number of nitrogens with zero attached hydrogens (tertiary/aromatic N) is 2. The number of aryl methyl sites for hydroxylation is 2. The van der Waals surface area contributed by atoms with Crippen LogP contribution >= 0.6 is 0 Å². The van der Waals surface area contributed by atoms with Crippen LogP contribution in [0.1, 0.15) is 28.5 Å². The summed E-state index contributed by atoms with van der Waals surface area (Å²) in [4.78, 5) is 8.23. The number of aliphatic hydroxyl groups is 1. The summed E-state index contributed by atoms with van der Waals surface area (Å²) in [6.07, 6.45) is 2.27. The molecule has 0 aliphatic heterocycles. The van der Waals surface area contributed by atoms with Crippen LogP contribution in [0, 0.1) is 13.8 Å². The highest BCUT2D eigenvalue weighted by atomic mass is 16.5. The highest BCUT2D eigenvalue weighted by Crippen LogP contribution is 2.30. The van der Waals surface area contributed by atoms with E-state index in [-0.39, 0.29) is 0 Å². The van der Waals surface area contributed by atoms with E-state index in [0.717, 1.165) is 16.7 Å². The molecule has 0 saturated carbocycles. The first-order valence-electron chi connectivity index (χ1n) is 5.74. The van der Waals surface area contributed by atoms with Crippen molar-refractivity contribution in [2.45, 2.75) is 20.0 Å². The maximum absolute atomic E-state index is 10.5. The van der Waals surface area contributed by atoms with E-state index in [2.05, 4.69) is 9.97 Å². The van der Waals surface area contributed by atoms with Gasteiger partial charge in [0.2, 0.25) is 5.88 Å². The van der Waals surface area contributed by atoms with Crippen molar-refractivity contribution in [3.8, 4) is 5.88 Å². The molecular formula is C14H16N2O2. The lowest BCUT2D eigenvalue weighted by molar-refractivity contribution is 0.206. The Bertz CT molecular complexity index is 535. The van der Waals surface area contributed by atoms with E-state index in [1.54, 1.807) is 12.4 Å². The number of methoxy groups -OCH3 is 1. The first-order chi connectivity index (χ1) is 8.65. The van der Waals surface area contributed by atoms with E-state index in [9.17, 15) is 5.11 Å². The molecule has 1 unspecified atom stereocenters. The SMILES string of the molecule is COc1nccnc1C(O)c1c(C)cccc1C. The van der Waals surface area contributed by atoms with E-state index in [0.29, 0.717) is 11.6 Å². The van der Waals surface area contributed by atoms with Gasteiger partial charge in [0.05, 0.1) is 7.11 Å². The quantitative estimate of drug-likeness (QED) is 0.899. The van der Waals surface area contributed by atoms with Crippen LogP contribution in [0.25, 0.3) is 0 Å². The predicted molar refractivity (Wildman–Crippen MR) is 68.6 cm³/mol. The zero-order chi connectivity index (χ0) is 13.1. The Labute approximate surface area is 106 Å². The van der Waals surface area contributed by atoms with Crippen LogP contribution in [0.5, 0.6) is 5.88 Å². The molecule has 94 valence electrons. The van der Waals surface area contributed by atoms with Gasteiger partial charge in [-0.3, -0.25) is 4.98 Å². The highest BCUT2D eigenvalue weighted by Gasteiger charge is 2.20.